The van der Waals surface area contributed by atoms with Crippen LogP contribution in [0.5, 0.6) is 0 Å². The molecule has 0 spiro atoms. The van der Waals surface area contributed by atoms with Crippen LogP contribution in [0, 0.1) is 0 Å². The van der Waals surface area contributed by atoms with Gasteiger partial charge in [-0.05, 0) is 24.8 Å². The Morgan fingerprint density at radius 3 is 2.80 bits per heavy atom. The van der Waals surface area contributed by atoms with E-state index in [1.54, 1.807) is 0 Å². The molecule has 1 heterocycles. The summed E-state index contributed by atoms with van der Waals surface area (Å²) in [6, 6.07) is 11.0. The summed E-state index contributed by atoms with van der Waals surface area (Å²) >= 11 is 0. The van der Waals surface area contributed by atoms with Crippen molar-refractivity contribution in [3.63, 3.8) is 0 Å². The molecule has 1 atom stereocenters. The SMILES string of the molecule is NC1=NCC(CCCc2ccccc2)N1. The minimum absolute atomic E-state index is 0.453. The largest absolute Gasteiger partial charge is 0.370 e. The summed E-state index contributed by atoms with van der Waals surface area (Å²) in [4.78, 5) is 4.13. The van der Waals surface area contributed by atoms with E-state index in [0.717, 1.165) is 19.4 Å². The molecule has 1 unspecified atom stereocenters. The van der Waals surface area contributed by atoms with Gasteiger partial charge in [-0.15, -0.1) is 0 Å². The maximum Gasteiger partial charge on any atom is 0.188 e. The average molecular weight is 203 g/mol. The standard InChI is InChI=1S/C12H17N3/c13-12-14-9-11(15-12)8-4-7-10-5-2-1-3-6-10/h1-3,5-6,11H,4,7-9H2,(H3,13,14,15). The van der Waals surface area contributed by atoms with Gasteiger partial charge in [0.15, 0.2) is 5.96 Å². The van der Waals surface area contributed by atoms with E-state index in [4.69, 9.17) is 5.73 Å². The van der Waals surface area contributed by atoms with E-state index in [1.165, 1.54) is 12.0 Å². The lowest BCUT2D eigenvalue weighted by atomic mass is 10.1. The van der Waals surface area contributed by atoms with Crippen LogP contribution in [0.25, 0.3) is 0 Å². The Hall–Kier alpha value is -1.51. The molecule has 0 saturated heterocycles. The monoisotopic (exact) mass is 203 g/mol. The van der Waals surface area contributed by atoms with E-state index in [1.807, 2.05) is 0 Å². The highest BCUT2D eigenvalue weighted by Gasteiger charge is 2.13. The van der Waals surface area contributed by atoms with Crippen LogP contribution < -0.4 is 11.1 Å². The number of hydrogen-bond donors (Lipinski definition) is 2. The van der Waals surface area contributed by atoms with Crippen molar-refractivity contribution in [2.45, 2.75) is 25.3 Å². The Kier molecular flexibility index (Phi) is 3.22. The fraction of sp³-hybridized carbons (Fsp3) is 0.417. The van der Waals surface area contributed by atoms with Crippen LogP contribution in [-0.4, -0.2) is 18.5 Å². The van der Waals surface area contributed by atoms with Crippen LogP contribution in [0.3, 0.4) is 0 Å². The van der Waals surface area contributed by atoms with Gasteiger partial charge in [-0.1, -0.05) is 30.3 Å². The third-order valence-electron chi connectivity index (χ3n) is 2.69. The van der Waals surface area contributed by atoms with Gasteiger partial charge in [0.05, 0.1) is 6.54 Å². The van der Waals surface area contributed by atoms with E-state index in [9.17, 15) is 0 Å². The van der Waals surface area contributed by atoms with Gasteiger partial charge in [0.1, 0.15) is 0 Å². The smallest absolute Gasteiger partial charge is 0.188 e. The Balaban J connectivity index is 1.68. The molecule has 0 bridgehead atoms. The van der Waals surface area contributed by atoms with Crippen molar-refractivity contribution in [2.24, 2.45) is 10.7 Å². The maximum absolute atomic E-state index is 5.55. The average Bonchev–Trinajstić information content (AvgIpc) is 2.66. The van der Waals surface area contributed by atoms with E-state index >= 15 is 0 Å². The number of nitrogens with one attached hydrogen (secondary N) is 1. The first-order valence-electron chi connectivity index (χ1n) is 5.45. The van der Waals surface area contributed by atoms with Gasteiger partial charge < -0.3 is 11.1 Å². The van der Waals surface area contributed by atoms with Crippen molar-refractivity contribution in [2.75, 3.05) is 6.54 Å². The molecule has 3 nitrogen and oxygen atoms in total. The van der Waals surface area contributed by atoms with Crippen molar-refractivity contribution in [1.82, 2.24) is 5.32 Å². The zero-order valence-corrected chi connectivity index (χ0v) is 8.82. The Morgan fingerprint density at radius 2 is 2.13 bits per heavy atom. The Labute approximate surface area is 90.4 Å². The summed E-state index contributed by atoms with van der Waals surface area (Å²) in [6.45, 7) is 0.834. The van der Waals surface area contributed by atoms with Gasteiger partial charge in [0, 0.05) is 6.04 Å². The highest BCUT2D eigenvalue weighted by Crippen LogP contribution is 2.08. The summed E-state index contributed by atoms with van der Waals surface area (Å²) in [5.41, 5.74) is 6.95. The van der Waals surface area contributed by atoms with Crippen LogP contribution in [0.2, 0.25) is 0 Å². The lowest BCUT2D eigenvalue weighted by molar-refractivity contribution is 0.571. The second-order valence-electron chi connectivity index (χ2n) is 3.95. The molecule has 0 radical (unpaired) electrons. The summed E-state index contributed by atoms with van der Waals surface area (Å²) in [5, 5.41) is 3.17. The highest BCUT2D eigenvalue weighted by atomic mass is 15.2. The molecule has 0 amide bonds. The number of nitrogens with zero attached hydrogens (tertiary/aromatic N) is 1. The maximum atomic E-state index is 5.55. The zero-order chi connectivity index (χ0) is 10.5. The molecule has 1 aliphatic rings. The number of benzene rings is 1. The second kappa shape index (κ2) is 4.82. The summed E-state index contributed by atoms with van der Waals surface area (Å²) < 4.78 is 0. The van der Waals surface area contributed by atoms with E-state index < -0.39 is 0 Å². The van der Waals surface area contributed by atoms with Crippen molar-refractivity contribution >= 4 is 5.96 Å². The molecule has 0 aromatic heterocycles. The van der Waals surface area contributed by atoms with E-state index in [-0.39, 0.29) is 0 Å². The molecule has 0 saturated carbocycles. The lowest BCUT2D eigenvalue weighted by Crippen LogP contribution is -2.34. The second-order valence-corrected chi connectivity index (χ2v) is 3.95. The number of hydrogen-bond acceptors (Lipinski definition) is 3. The minimum Gasteiger partial charge on any atom is -0.370 e. The van der Waals surface area contributed by atoms with Crippen molar-refractivity contribution < 1.29 is 0 Å². The predicted octanol–water partition coefficient (Wildman–Crippen LogP) is 1.30. The molecule has 80 valence electrons. The Morgan fingerprint density at radius 1 is 1.33 bits per heavy atom. The first-order valence-corrected chi connectivity index (χ1v) is 5.45. The number of guanidine groups is 1. The highest BCUT2D eigenvalue weighted by molar-refractivity contribution is 5.79. The molecule has 0 aliphatic carbocycles. The molecule has 3 heteroatoms. The first-order chi connectivity index (χ1) is 7.34. The van der Waals surface area contributed by atoms with Gasteiger partial charge >= 0.3 is 0 Å². The predicted molar refractivity (Wildman–Crippen MR) is 62.8 cm³/mol. The number of aryl methyl sites for hydroxylation is 1. The van der Waals surface area contributed by atoms with E-state index in [0.29, 0.717) is 12.0 Å². The van der Waals surface area contributed by atoms with Crippen LogP contribution >= 0.6 is 0 Å². The van der Waals surface area contributed by atoms with Crippen molar-refractivity contribution in [3.8, 4) is 0 Å². The lowest BCUT2D eigenvalue weighted by Gasteiger charge is -2.09. The molecule has 0 fully saturated rings. The number of nitrogens with two attached hydrogens (primary N) is 1. The minimum atomic E-state index is 0.453. The first kappa shape index (κ1) is 10.0. The molecule has 3 N–H and O–H groups in total. The normalized spacial score (nSPS) is 19.7. The quantitative estimate of drug-likeness (QED) is 0.775. The van der Waals surface area contributed by atoms with Crippen molar-refractivity contribution in [1.29, 1.82) is 0 Å². The van der Waals surface area contributed by atoms with Gasteiger partial charge in [-0.25, -0.2) is 0 Å². The van der Waals surface area contributed by atoms with E-state index in [2.05, 4.69) is 40.6 Å². The molecule has 1 aromatic carbocycles. The van der Waals surface area contributed by atoms with Gasteiger partial charge in [-0.2, -0.15) is 0 Å². The molecular formula is C12H17N3. The summed E-state index contributed by atoms with van der Waals surface area (Å²) in [5.74, 6) is 0.597. The van der Waals surface area contributed by atoms with Crippen molar-refractivity contribution in [3.05, 3.63) is 35.9 Å². The third-order valence-corrected chi connectivity index (χ3v) is 2.69. The fourth-order valence-electron chi connectivity index (χ4n) is 1.87. The summed E-state index contributed by atoms with van der Waals surface area (Å²) in [6.07, 6.45) is 3.46. The molecule has 15 heavy (non-hydrogen) atoms. The molecule has 1 aliphatic heterocycles. The zero-order valence-electron chi connectivity index (χ0n) is 8.82. The fourth-order valence-corrected chi connectivity index (χ4v) is 1.87. The molecule has 2 rings (SSSR count). The molecular weight excluding hydrogens is 186 g/mol. The summed E-state index contributed by atoms with van der Waals surface area (Å²) in [7, 11) is 0. The van der Waals surface area contributed by atoms with Crippen LogP contribution in [0.15, 0.2) is 35.3 Å². The topological polar surface area (TPSA) is 50.4 Å². The number of aliphatic imine (C=N–C) groups is 1. The van der Waals surface area contributed by atoms with Crippen LogP contribution in [0.1, 0.15) is 18.4 Å². The van der Waals surface area contributed by atoms with Gasteiger partial charge in [-0.3, -0.25) is 4.99 Å². The van der Waals surface area contributed by atoms with Crippen LogP contribution in [-0.2, 0) is 6.42 Å². The Bertz CT molecular complexity index is 332. The van der Waals surface area contributed by atoms with Crippen LogP contribution in [0.4, 0.5) is 0 Å². The number of rotatable bonds is 4. The van der Waals surface area contributed by atoms with Gasteiger partial charge in [0.2, 0.25) is 0 Å². The third kappa shape index (κ3) is 2.98. The molecule has 1 aromatic rings. The van der Waals surface area contributed by atoms with Gasteiger partial charge in [0.25, 0.3) is 0 Å².